The zero-order chi connectivity index (χ0) is 26.8. The molecule has 0 fully saturated rings. The maximum absolute atomic E-state index is 13.4. The zero-order valence-electron chi connectivity index (χ0n) is 19.8. The molecule has 3 amide bonds. The maximum Gasteiger partial charge on any atom is 0.586 e. The van der Waals surface area contributed by atoms with E-state index in [4.69, 9.17) is 0 Å². The Morgan fingerprint density at radius 1 is 0.973 bits per heavy atom. The minimum atomic E-state index is -4.21. The van der Waals surface area contributed by atoms with Gasteiger partial charge in [0.1, 0.15) is 6.04 Å². The second kappa shape index (κ2) is 10.1. The van der Waals surface area contributed by atoms with E-state index in [0.717, 1.165) is 4.90 Å². The Balaban J connectivity index is 1.55. The van der Waals surface area contributed by atoms with Gasteiger partial charge in [0.15, 0.2) is 11.5 Å². The number of amides is 3. The highest BCUT2D eigenvalue weighted by Gasteiger charge is 2.43. The molecule has 0 saturated carbocycles. The van der Waals surface area contributed by atoms with Gasteiger partial charge in [-0.1, -0.05) is 48.5 Å². The van der Waals surface area contributed by atoms with Crippen LogP contribution in [-0.4, -0.2) is 39.7 Å². The van der Waals surface area contributed by atoms with Crippen molar-refractivity contribution in [1.82, 2.24) is 10.0 Å². The van der Waals surface area contributed by atoms with Crippen LogP contribution >= 0.6 is 0 Å². The smallest absolute Gasteiger partial charge is 0.395 e. The van der Waals surface area contributed by atoms with Crippen LogP contribution in [0.5, 0.6) is 11.5 Å². The Morgan fingerprint density at radius 3 is 2.32 bits per heavy atom. The van der Waals surface area contributed by atoms with Gasteiger partial charge in [-0.2, -0.15) is 0 Å². The lowest BCUT2D eigenvalue weighted by Gasteiger charge is -2.25. The number of ether oxygens (including phenoxy) is 2. The van der Waals surface area contributed by atoms with Gasteiger partial charge in [-0.25, -0.2) is 17.9 Å². The highest BCUT2D eigenvalue weighted by atomic mass is 32.2. The Hall–Kier alpha value is -4.19. The molecule has 9 nitrogen and oxygen atoms in total. The van der Waals surface area contributed by atoms with E-state index in [0.29, 0.717) is 11.1 Å². The van der Waals surface area contributed by atoms with Crippen LogP contribution in [0.25, 0.3) is 0 Å². The number of halogens is 2. The Kier molecular flexibility index (Phi) is 7.03. The van der Waals surface area contributed by atoms with Crippen LogP contribution in [0.1, 0.15) is 11.1 Å². The Bertz CT molecular complexity index is 1430. The molecule has 0 spiro atoms. The van der Waals surface area contributed by atoms with Gasteiger partial charge in [-0.3, -0.25) is 4.79 Å². The van der Waals surface area contributed by atoms with E-state index in [2.05, 4.69) is 14.8 Å². The van der Waals surface area contributed by atoms with E-state index in [1.54, 1.807) is 49.4 Å². The third-order valence-electron chi connectivity index (χ3n) is 5.60. The number of benzene rings is 3. The van der Waals surface area contributed by atoms with E-state index < -0.39 is 34.3 Å². The molecular weight excluding hydrogens is 508 g/mol. The van der Waals surface area contributed by atoms with Crippen molar-refractivity contribution in [2.45, 2.75) is 30.6 Å². The van der Waals surface area contributed by atoms with Crippen molar-refractivity contribution >= 4 is 27.6 Å². The zero-order valence-corrected chi connectivity index (χ0v) is 20.6. The molecular formula is C25H23F2N3O6S. The first-order chi connectivity index (χ1) is 17.4. The van der Waals surface area contributed by atoms with Gasteiger partial charge in [0.05, 0.1) is 4.90 Å². The number of fused-ring (bicyclic) bond motifs is 1. The third-order valence-corrected chi connectivity index (χ3v) is 7.09. The molecule has 37 heavy (non-hydrogen) atoms. The molecule has 0 radical (unpaired) electrons. The Labute approximate surface area is 212 Å². The van der Waals surface area contributed by atoms with Crippen LogP contribution in [0.4, 0.5) is 19.3 Å². The maximum atomic E-state index is 13.4. The molecule has 12 heteroatoms. The van der Waals surface area contributed by atoms with Crippen LogP contribution in [0.2, 0.25) is 0 Å². The summed E-state index contributed by atoms with van der Waals surface area (Å²) in [6.45, 7) is 1.59. The normalized spacial score (nSPS) is 14.5. The lowest BCUT2D eigenvalue weighted by atomic mass is 10.0. The van der Waals surface area contributed by atoms with Crippen LogP contribution < -0.4 is 24.4 Å². The van der Waals surface area contributed by atoms with Crippen LogP contribution in [0.3, 0.4) is 0 Å². The molecule has 0 aliphatic carbocycles. The average molecular weight is 532 g/mol. The van der Waals surface area contributed by atoms with Crippen molar-refractivity contribution in [3.8, 4) is 11.5 Å². The van der Waals surface area contributed by atoms with Crippen LogP contribution in [0.15, 0.2) is 77.7 Å². The number of rotatable bonds is 7. The van der Waals surface area contributed by atoms with Gasteiger partial charge in [-0.15, -0.1) is 8.78 Å². The monoisotopic (exact) mass is 531 g/mol. The number of hydrogen-bond donors (Lipinski definition) is 2. The van der Waals surface area contributed by atoms with Gasteiger partial charge >= 0.3 is 12.3 Å². The molecule has 0 saturated heterocycles. The average Bonchev–Trinajstić information content (AvgIpc) is 3.16. The third kappa shape index (κ3) is 5.97. The van der Waals surface area contributed by atoms with E-state index in [1.165, 1.54) is 37.4 Å². The van der Waals surface area contributed by atoms with Crippen molar-refractivity contribution in [1.29, 1.82) is 0 Å². The highest BCUT2D eigenvalue weighted by Crippen LogP contribution is 2.42. The molecule has 2 N–H and O–H groups in total. The number of sulfonamides is 1. The first-order valence-corrected chi connectivity index (χ1v) is 12.5. The molecule has 1 aliphatic rings. The number of hydrogen-bond acceptors (Lipinski definition) is 6. The molecule has 4 rings (SSSR count). The number of nitrogens with zero attached hydrogens (tertiary/aromatic N) is 1. The number of carbonyl (C=O) groups is 2. The molecule has 3 aromatic carbocycles. The largest absolute Gasteiger partial charge is 0.586 e. The predicted octanol–water partition coefficient (Wildman–Crippen LogP) is 3.58. The highest BCUT2D eigenvalue weighted by molar-refractivity contribution is 7.90. The molecule has 1 aliphatic heterocycles. The summed E-state index contributed by atoms with van der Waals surface area (Å²) < 4.78 is 63.0. The summed E-state index contributed by atoms with van der Waals surface area (Å²) in [4.78, 5) is 27.2. The Morgan fingerprint density at radius 2 is 1.62 bits per heavy atom. The fraction of sp³-hybridized carbons (Fsp3) is 0.200. The first kappa shape index (κ1) is 25.9. The molecule has 3 aromatic rings. The fourth-order valence-electron chi connectivity index (χ4n) is 3.78. The minimum Gasteiger partial charge on any atom is -0.395 e. The van der Waals surface area contributed by atoms with E-state index in [-0.39, 0.29) is 28.5 Å². The molecule has 0 aromatic heterocycles. The van der Waals surface area contributed by atoms with Gasteiger partial charge in [0.25, 0.3) is 10.0 Å². The summed E-state index contributed by atoms with van der Waals surface area (Å²) in [5.74, 6) is -1.07. The number of urea groups is 1. The SMILES string of the molecule is Cc1ccccc1S(=O)(=O)NC(=O)N[C@@H](Cc1ccccc1)C(=O)N(C)c1ccc2c(c1)OC(F)(F)O2. The second-order valence-electron chi connectivity index (χ2n) is 8.28. The molecule has 194 valence electrons. The van der Waals surface area contributed by atoms with Gasteiger partial charge in [0.2, 0.25) is 5.91 Å². The summed E-state index contributed by atoms with van der Waals surface area (Å²) in [6, 6.07) is 16.4. The summed E-state index contributed by atoms with van der Waals surface area (Å²) >= 11 is 0. The number of likely N-dealkylation sites (N-methyl/N-ethyl adjacent to an activating group) is 1. The summed E-state index contributed by atoms with van der Waals surface area (Å²) in [5, 5.41) is 2.43. The lowest BCUT2D eigenvalue weighted by molar-refractivity contribution is -0.286. The summed E-state index contributed by atoms with van der Waals surface area (Å²) in [5.41, 5.74) is 1.33. The number of anilines is 1. The van der Waals surface area contributed by atoms with Gasteiger partial charge in [0, 0.05) is 25.2 Å². The standard InChI is InChI=1S/C25H23F2N3O6S/c1-16-8-6-7-11-22(16)37(33,34)29-24(32)28-19(14-17-9-4-3-5-10-17)23(31)30(2)18-12-13-20-21(15-18)36-25(26,27)35-20/h3-13,15,19H,14H2,1-2H3,(H2,28,29,32)/t19-/m0/s1. The van der Waals surface area contributed by atoms with Crippen molar-refractivity contribution in [3.63, 3.8) is 0 Å². The fourth-order valence-corrected chi connectivity index (χ4v) is 4.94. The van der Waals surface area contributed by atoms with Crippen LogP contribution in [-0.2, 0) is 21.2 Å². The van der Waals surface area contributed by atoms with Crippen molar-refractivity contribution < 1.29 is 36.3 Å². The molecule has 1 atom stereocenters. The van der Waals surface area contributed by atoms with Gasteiger partial charge < -0.3 is 19.7 Å². The predicted molar refractivity (Wildman–Crippen MR) is 130 cm³/mol. The number of alkyl halides is 2. The number of carbonyl (C=O) groups excluding carboxylic acids is 2. The number of nitrogens with one attached hydrogen (secondary N) is 2. The summed E-state index contributed by atoms with van der Waals surface area (Å²) in [7, 11) is -2.82. The second-order valence-corrected chi connectivity index (χ2v) is 9.93. The number of aryl methyl sites for hydroxylation is 1. The van der Waals surface area contributed by atoms with Crippen LogP contribution in [0, 0.1) is 6.92 Å². The summed E-state index contributed by atoms with van der Waals surface area (Å²) in [6.07, 6.45) is -3.79. The molecule has 0 unspecified atom stereocenters. The minimum absolute atomic E-state index is 0.0322. The van der Waals surface area contributed by atoms with Gasteiger partial charge in [-0.05, 0) is 36.2 Å². The van der Waals surface area contributed by atoms with Crippen molar-refractivity contribution in [2.75, 3.05) is 11.9 Å². The lowest BCUT2D eigenvalue weighted by Crippen LogP contribution is -2.52. The van der Waals surface area contributed by atoms with E-state index in [1.807, 2.05) is 4.72 Å². The van der Waals surface area contributed by atoms with Crippen molar-refractivity contribution in [3.05, 3.63) is 83.9 Å². The quantitative estimate of drug-likeness (QED) is 0.482. The van der Waals surface area contributed by atoms with Crippen molar-refractivity contribution in [2.24, 2.45) is 0 Å². The topological polar surface area (TPSA) is 114 Å². The molecule has 0 bridgehead atoms. The van der Waals surface area contributed by atoms with E-state index in [9.17, 15) is 26.8 Å². The molecule has 1 heterocycles. The van der Waals surface area contributed by atoms with E-state index >= 15 is 0 Å². The first-order valence-electron chi connectivity index (χ1n) is 11.1.